The fourth-order valence-corrected chi connectivity index (χ4v) is 3.07. The Bertz CT molecular complexity index is 605. The minimum absolute atomic E-state index is 0. The maximum absolute atomic E-state index is 11.8. The maximum Gasteiger partial charge on any atom is 0.310 e. The molecule has 1 aromatic rings. The van der Waals surface area contributed by atoms with Crippen molar-refractivity contribution in [1.29, 1.82) is 0 Å². The van der Waals surface area contributed by atoms with Crippen LogP contribution in [0.15, 0.2) is 29.3 Å². The lowest BCUT2D eigenvalue weighted by Gasteiger charge is -2.21. The average Bonchev–Trinajstić information content (AvgIpc) is 2.97. The summed E-state index contributed by atoms with van der Waals surface area (Å²) in [6, 6.07) is 8.04. The Hall–Kier alpha value is -1.51. The SMILES string of the molecule is CN=C(NCc1ccc(OC(C)C)cc1)N1CC(C)C(C(=O)OC)C1.I. The van der Waals surface area contributed by atoms with Crippen molar-refractivity contribution in [2.75, 3.05) is 27.2 Å². The second kappa shape index (κ2) is 10.6. The number of nitrogens with zero attached hydrogens (tertiary/aromatic N) is 2. The standard InChI is InChI=1S/C19H29N3O3.HI/c1-13(2)25-16-8-6-15(7-9-16)10-21-19(20-4)22-11-14(3)17(12-22)18(23)24-5;/h6-9,13-14,17H,10-12H2,1-5H3,(H,20,21);1H. The molecule has 146 valence electrons. The lowest BCUT2D eigenvalue weighted by atomic mass is 9.99. The van der Waals surface area contributed by atoms with Crippen molar-refractivity contribution in [2.45, 2.75) is 33.4 Å². The molecule has 2 rings (SSSR count). The molecule has 1 fully saturated rings. The van der Waals surface area contributed by atoms with Crippen LogP contribution in [0.25, 0.3) is 0 Å². The van der Waals surface area contributed by atoms with Gasteiger partial charge in [-0.05, 0) is 37.5 Å². The average molecular weight is 475 g/mol. The van der Waals surface area contributed by atoms with E-state index in [-0.39, 0.29) is 47.9 Å². The summed E-state index contributed by atoms with van der Waals surface area (Å²) in [5, 5.41) is 3.37. The van der Waals surface area contributed by atoms with Gasteiger partial charge in [0, 0.05) is 26.7 Å². The highest BCUT2D eigenvalue weighted by Gasteiger charge is 2.36. The van der Waals surface area contributed by atoms with Crippen molar-refractivity contribution in [3.63, 3.8) is 0 Å². The Morgan fingerprint density at radius 1 is 1.31 bits per heavy atom. The van der Waals surface area contributed by atoms with Crippen molar-refractivity contribution in [3.05, 3.63) is 29.8 Å². The summed E-state index contributed by atoms with van der Waals surface area (Å²) >= 11 is 0. The molecule has 0 saturated carbocycles. The molecule has 2 atom stereocenters. The molecule has 0 amide bonds. The van der Waals surface area contributed by atoms with Gasteiger partial charge in [0.05, 0.1) is 19.1 Å². The number of carbonyl (C=O) groups excluding carboxylic acids is 1. The molecule has 1 heterocycles. The molecule has 26 heavy (non-hydrogen) atoms. The number of ether oxygens (including phenoxy) is 2. The van der Waals surface area contributed by atoms with Crippen LogP contribution in [0.2, 0.25) is 0 Å². The molecule has 0 bridgehead atoms. The third-order valence-corrected chi connectivity index (χ3v) is 4.37. The first-order valence-corrected chi connectivity index (χ1v) is 8.73. The Morgan fingerprint density at radius 3 is 2.50 bits per heavy atom. The normalized spacial score (nSPS) is 19.9. The highest BCUT2D eigenvalue weighted by Crippen LogP contribution is 2.24. The molecule has 1 aliphatic heterocycles. The van der Waals surface area contributed by atoms with Gasteiger partial charge in [-0.15, -0.1) is 24.0 Å². The van der Waals surface area contributed by atoms with Gasteiger partial charge in [-0.1, -0.05) is 19.1 Å². The molecule has 1 saturated heterocycles. The molecule has 6 nitrogen and oxygen atoms in total. The van der Waals surface area contributed by atoms with Crippen molar-refractivity contribution < 1.29 is 14.3 Å². The number of benzene rings is 1. The monoisotopic (exact) mass is 475 g/mol. The van der Waals surface area contributed by atoms with E-state index >= 15 is 0 Å². The number of guanidine groups is 1. The van der Waals surface area contributed by atoms with E-state index < -0.39 is 0 Å². The summed E-state index contributed by atoms with van der Waals surface area (Å²) in [6.07, 6.45) is 0.169. The first-order chi connectivity index (χ1) is 11.9. The highest BCUT2D eigenvalue weighted by atomic mass is 127. The molecule has 2 unspecified atom stereocenters. The van der Waals surface area contributed by atoms with E-state index in [1.807, 2.05) is 38.1 Å². The topological polar surface area (TPSA) is 63.2 Å². The highest BCUT2D eigenvalue weighted by molar-refractivity contribution is 14.0. The Labute approximate surface area is 173 Å². The minimum Gasteiger partial charge on any atom is -0.491 e. The summed E-state index contributed by atoms with van der Waals surface area (Å²) in [5.41, 5.74) is 1.15. The van der Waals surface area contributed by atoms with Crippen LogP contribution >= 0.6 is 24.0 Å². The van der Waals surface area contributed by atoms with Crippen molar-refractivity contribution in [1.82, 2.24) is 10.2 Å². The number of hydrogen-bond donors (Lipinski definition) is 1. The predicted molar refractivity (Wildman–Crippen MR) is 114 cm³/mol. The molecule has 0 radical (unpaired) electrons. The molecule has 7 heteroatoms. The predicted octanol–water partition coefficient (Wildman–Crippen LogP) is 2.91. The van der Waals surface area contributed by atoms with E-state index in [1.165, 1.54) is 7.11 Å². The van der Waals surface area contributed by atoms with Crippen LogP contribution < -0.4 is 10.1 Å². The van der Waals surface area contributed by atoms with E-state index in [2.05, 4.69) is 22.1 Å². The number of rotatable bonds is 5. The van der Waals surface area contributed by atoms with Crippen LogP contribution in [0, 0.1) is 11.8 Å². The number of likely N-dealkylation sites (tertiary alicyclic amines) is 1. The van der Waals surface area contributed by atoms with Gasteiger partial charge in [0.1, 0.15) is 5.75 Å². The van der Waals surface area contributed by atoms with Crippen LogP contribution in [-0.2, 0) is 16.1 Å². The minimum atomic E-state index is -0.147. The molecule has 1 aliphatic rings. The summed E-state index contributed by atoms with van der Waals surface area (Å²) in [4.78, 5) is 18.3. The van der Waals surface area contributed by atoms with Crippen molar-refractivity contribution in [3.8, 4) is 5.75 Å². The Balaban J connectivity index is 0.00000338. The van der Waals surface area contributed by atoms with E-state index in [9.17, 15) is 4.79 Å². The molecule has 0 spiro atoms. The van der Waals surface area contributed by atoms with Gasteiger partial charge in [0.2, 0.25) is 0 Å². The lowest BCUT2D eigenvalue weighted by Crippen LogP contribution is -2.40. The van der Waals surface area contributed by atoms with Gasteiger partial charge in [-0.3, -0.25) is 9.79 Å². The molecular weight excluding hydrogens is 445 g/mol. The van der Waals surface area contributed by atoms with Gasteiger partial charge >= 0.3 is 5.97 Å². The van der Waals surface area contributed by atoms with Crippen LogP contribution in [0.1, 0.15) is 26.3 Å². The third kappa shape index (κ3) is 6.03. The number of methoxy groups -OCH3 is 1. The fourth-order valence-electron chi connectivity index (χ4n) is 3.07. The lowest BCUT2D eigenvalue weighted by molar-refractivity contribution is -0.145. The van der Waals surface area contributed by atoms with Crippen LogP contribution in [0.4, 0.5) is 0 Å². The van der Waals surface area contributed by atoms with E-state index in [0.717, 1.165) is 23.8 Å². The van der Waals surface area contributed by atoms with Gasteiger partial charge in [-0.25, -0.2) is 0 Å². The van der Waals surface area contributed by atoms with Gasteiger partial charge < -0.3 is 19.7 Å². The number of esters is 1. The molecule has 1 N–H and O–H groups in total. The maximum atomic E-state index is 11.8. The largest absolute Gasteiger partial charge is 0.491 e. The molecule has 0 aromatic heterocycles. The fraction of sp³-hybridized carbons (Fsp3) is 0.579. The summed E-state index contributed by atoms with van der Waals surface area (Å²) in [7, 11) is 3.20. The molecule has 0 aliphatic carbocycles. The second-order valence-corrected chi connectivity index (χ2v) is 6.72. The quantitative estimate of drug-likeness (QED) is 0.307. The van der Waals surface area contributed by atoms with Gasteiger partial charge in [0.15, 0.2) is 5.96 Å². The van der Waals surface area contributed by atoms with E-state index in [4.69, 9.17) is 9.47 Å². The summed E-state index contributed by atoms with van der Waals surface area (Å²) < 4.78 is 10.6. The number of nitrogens with one attached hydrogen (secondary N) is 1. The molecule has 1 aromatic carbocycles. The third-order valence-electron chi connectivity index (χ3n) is 4.37. The molecular formula is C19H30IN3O3. The Kier molecular flexibility index (Phi) is 9.18. The zero-order valence-electron chi connectivity index (χ0n) is 16.2. The van der Waals surface area contributed by atoms with Gasteiger partial charge in [0.25, 0.3) is 0 Å². The zero-order chi connectivity index (χ0) is 18.4. The van der Waals surface area contributed by atoms with E-state index in [0.29, 0.717) is 13.1 Å². The summed E-state index contributed by atoms with van der Waals surface area (Å²) in [6.45, 7) is 8.19. The first-order valence-electron chi connectivity index (χ1n) is 8.73. The van der Waals surface area contributed by atoms with Crippen LogP contribution in [-0.4, -0.2) is 50.2 Å². The van der Waals surface area contributed by atoms with Crippen molar-refractivity contribution in [2.24, 2.45) is 16.8 Å². The van der Waals surface area contributed by atoms with Crippen molar-refractivity contribution >= 4 is 35.9 Å². The second-order valence-electron chi connectivity index (χ2n) is 6.72. The van der Waals surface area contributed by atoms with Crippen LogP contribution in [0.5, 0.6) is 5.75 Å². The summed E-state index contributed by atoms with van der Waals surface area (Å²) in [5.74, 6) is 1.68. The number of hydrogen-bond acceptors (Lipinski definition) is 4. The Morgan fingerprint density at radius 2 is 1.96 bits per heavy atom. The number of carbonyl (C=O) groups is 1. The van der Waals surface area contributed by atoms with E-state index in [1.54, 1.807) is 7.05 Å². The van der Waals surface area contributed by atoms with Crippen LogP contribution in [0.3, 0.4) is 0 Å². The number of halogens is 1. The zero-order valence-corrected chi connectivity index (χ0v) is 18.5. The smallest absolute Gasteiger partial charge is 0.310 e. The first kappa shape index (κ1) is 22.5. The number of aliphatic imine (C=N–C) groups is 1. The van der Waals surface area contributed by atoms with Gasteiger partial charge in [-0.2, -0.15) is 0 Å².